The van der Waals surface area contributed by atoms with E-state index >= 15 is 0 Å². The van der Waals surface area contributed by atoms with Crippen LogP contribution >= 0.6 is 11.8 Å². The first-order valence-corrected chi connectivity index (χ1v) is 7.93. The van der Waals surface area contributed by atoms with E-state index in [2.05, 4.69) is 31.2 Å². The van der Waals surface area contributed by atoms with Gasteiger partial charge in [-0.3, -0.25) is 4.79 Å². The van der Waals surface area contributed by atoms with E-state index in [1.165, 1.54) is 11.1 Å². The molecule has 0 spiro atoms. The molecule has 0 heterocycles. The molecule has 2 heteroatoms. The highest BCUT2D eigenvalue weighted by molar-refractivity contribution is 7.98. The van der Waals surface area contributed by atoms with E-state index in [-0.39, 0.29) is 0 Å². The molecule has 2 rings (SSSR count). The quantitative estimate of drug-likeness (QED) is 0.681. The lowest BCUT2D eigenvalue weighted by Gasteiger charge is -2.03. The van der Waals surface area contributed by atoms with Gasteiger partial charge in [-0.25, -0.2) is 0 Å². The van der Waals surface area contributed by atoms with Crippen LogP contribution in [0.3, 0.4) is 0 Å². The molecule has 100 valence electrons. The lowest BCUT2D eigenvalue weighted by atomic mass is 10.1. The van der Waals surface area contributed by atoms with Crippen LogP contribution < -0.4 is 0 Å². The summed E-state index contributed by atoms with van der Waals surface area (Å²) in [5.74, 6) is 2.42. The maximum absolute atomic E-state index is 11.8. The summed E-state index contributed by atoms with van der Waals surface area (Å²) in [6.45, 7) is 2.11. The molecule has 0 saturated carbocycles. The van der Waals surface area contributed by atoms with Crippen LogP contribution in [0, 0.1) is 6.92 Å². The Labute approximate surface area is 119 Å². The predicted octanol–water partition coefficient (Wildman–Crippen LogP) is 4.46. The van der Waals surface area contributed by atoms with Crippen molar-refractivity contribution in [3.05, 3.63) is 59.2 Å². The van der Waals surface area contributed by atoms with Crippen LogP contribution in [-0.4, -0.2) is 11.5 Å². The van der Waals surface area contributed by atoms with Crippen molar-refractivity contribution in [3.63, 3.8) is 0 Å². The number of ketones is 1. The standard InChI is InChI=1S/C17H20OS/c1-14-8-10-15(11-9-14)13-19-12-4-7-17(18)16-5-2-3-6-16/h2-3,5,8-11H,4,6-7,12-13H2,1H3. The van der Waals surface area contributed by atoms with Gasteiger partial charge >= 0.3 is 0 Å². The van der Waals surface area contributed by atoms with Gasteiger partial charge < -0.3 is 0 Å². The summed E-state index contributed by atoms with van der Waals surface area (Å²) in [5, 5.41) is 0. The average Bonchev–Trinajstić information content (AvgIpc) is 2.94. The maximum atomic E-state index is 11.8. The summed E-state index contributed by atoms with van der Waals surface area (Å²) < 4.78 is 0. The SMILES string of the molecule is Cc1ccc(CSCCCC(=O)C2=CC=CC2)cc1. The predicted molar refractivity (Wildman–Crippen MR) is 83.4 cm³/mol. The Balaban J connectivity index is 1.59. The lowest BCUT2D eigenvalue weighted by molar-refractivity contribution is -0.115. The molecule has 19 heavy (non-hydrogen) atoms. The molecule has 0 amide bonds. The Hall–Kier alpha value is -1.28. The molecule has 0 atom stereocenters. The third-order valence-corrected chi connectivity index (χ3v) is 4.33. The lowest BCUT2D eigenvalue weighted by Crippen LogP contribution is -2.01. The number of rotatable bonds is 7. The zero-order valence-corrected chi connectivity index (χ0v) is 12.2. The Morgan fingerprint density at radius 3 is 2.74 bits per heavy atom. The monoisotopic (exact) mass is 272 g/mol. The van der Waals surface area contributed by atoms with Crippen molar-refractivity contribution in [2.24, 2.45) is 0 Å². The number of thioether (sulfide) groups is 1. The van der Waals surface area contributed by atoms with Crippen molar-refractivity contribution in [1.29, 1.82) is 0 Å². The van der Waals surface area contributed by atoms with Crippen molar-refractivity contribution in [3.8, 4) is 0 Å². The molecule has 0 radical (unpaired) electrons. The van der Waals surface area contributed by atoms with Gasteiger partial charge in [0, 0.05) is 12.2 Å². The van der Waals surface area contributed by atoms with E-state index in [0.717, 1.165) is 29.9 Å². The minimum absolute atomic E-state index is 0.320. The second-order valence-corrected chi connectivity index (χ2v) is 5.99. The van der Waals surface area contributed by atoms with Crippen LogP contribution in [0.5, 0.6) is 0 Å². The van der Waals surface area contributed by atoms with E-state index in [9.17, 15) is 4.79 Å². The molecule has 0 aliphatic heterocycles. The molecule has 0 N–H and O–H groups in total. The van der Waals surface area contributed by atoms with E-state index in [4.69, 9.17) is 0 Å². The Kier molecular flexibility index (Phi) is 5.46. The van der Waals surface area contributed by atoms with Gasteiger partial charge in [-0.2, -0.15) is 11.8 Å². The summed E-state index contributed by atoms with van der Waals surface area (Å²) in [7, 11) is 0. The molecule has 0 fully saturated rings. The fraction of sp³-hybridized carbons (Fsp3) is 0.353. The third-order valence-electron chi connectivity index (χ3n) is 3.21. The average molecular weight is 272 g/mol. The number of benzene rings is 1. The summed E-state index contributed by atoms with van der Waals surface area (Å²) in [6.07, 6.45) is 8.46. The molecule has 0 unspecified atom stereocenters. The van der Waals surface area contributed by atoms with Gasteiger partial charge in [0.2, 0.25) is 0 Å². The minimum Gasteiger partial charge on any atom is -0.295 e. The molecule has 1 aliphatic carbocycles. The Morgan fingerprint density at radius 1 is 1.26 bits per heavy atom. The van der Waals surface area contributed by atoms with E-state index in [0.29, 0.717) is 12.2 Å². The number of allylic oxidation sites excluding steroid dienone is 4. The zero-order valence-electron chi connectivity index (χ0n) is 11.4. The van der Waals surface area contributed by atoms with Crippen LogP contribution in [0.1, 0.15) is 30.4 Å². The second-order valence-electron chi connectivity index (χ2n) is 4.89. The van der Waals surface area contributed by atoms with Gasteiger partial charge in [-0.05, 0) is 36.7 Å². The zero-order chi connectivity index (χ0) is 13.5. The molecular weight excluding hydrogens is 252 g/mol. The molecule has 1 aromatic carbocycles. The van der Waals surface area contributed by atoms with E-state index in [1.807, 2.05) is 30.0 Å². The summed E-state index contributed by atoms with van der Waals surface area (Å²) >= 11 is 1.91. The van der Waals surface area contributed by atoms with Crippen molar-refractivity contribution in [2.45, 2.75) is 31.9 Å². The van der Waals surface area contributed by atoms with Crippen LogP contribution in [0.4, 0.5) is 0 Å². The molecule has 0 aromatic heterocycles. The van der Waals surface area contributed by atoms with Gasteiger partial charge in [0.1, 0.15) is 0 Å². The van der Waals surface area contributed by atoms with Gasteiger partial charge in [-0.15, -0.1) is 0 Å². The third kappa shape index (κ3) is 4.71. The number of carbonyl (C=O) groups is 1. The Morgan fingerprint density at radius 2 is 2.05 bits per heavy atom. The van der Waals surface area contributed by atoms with Crippen LogP contribution in [0.2, 0.25) is 0 Å². The Bertz CT molecular complexity index is 482. The molecular formula is C17H20OS. The minimum atomic E-state index is 0.320. The first-order chi connectivity index (χ1) is 9.25. The number of hydrogen-bond acceptors (Lipinski definition) is 2. The van der Waals surface area contributed by atoms with Crippen molar-refractivity contribution < 1.29 is 4.79 Å². The maximum Gasteiger partial charge on any atom is 0.159 e. The first-order valence-electron chi connectivity index (χ1n) is 6.78. The molecule has 1 nitrogen and oxygen atoms in total. The van der Waals surface area contributed by atoms with E-state index in [1.54, 1.807) is 0 Å². The van der Waals surface area contributed by atoms with Crippen molar-refractivity contribution >= 4 is 17.5 Å². The molecule has 0 bridgehead atoms. The molecule has 1 aliphatic rings. The smallest absolute Gasteiger partial charge is 0.159 e. The fourth-order valence-corrected chi connectivity index (χ4v) is 2.94. The number of Topliss-reactive ketones (excluding diaryl/α,β-unsaturated/α-hetero) is 1. The highest BCUT2D eigenvalue weighted by atomic mass is 32.2. The van der Waals surface area contributed by atoms with Crippen LogP contribution in [0.25, 0.3) is 0 Å². The number of hydrogen-bond donors (Lipinski definition) is 0. The normalized spacial score (nSPS) is 13.6. The van der Waals surface area contributed by atoms with Crippen molar-refractivity contribution in [1.82, 2.24) is 0 Å². The van der Waals surface area contributed by atoms with Gasteiger partial charge in [-0.1, -0.05) is 48.1 Å². The highest BCUT2D eigenvalue weighted by Gasteiger charge is 2.09. The largest absolute Gasteiger partial charge is 0.295 e. The van der Waals surface area contributed by atoms with Gasteiger partial charge in [0.15, 0.2) is 5.78 Å². The van der Waals surface area contributed by atoms with E-state index < -0.39 is 0 Å². The first kappa shape index (κ1) is 14.1. The van der Waals surface area contributed by atoms with Gasteiger partial charge in [0.25, 0.3) is 0 Å². The second kappa shape index (κ2) is 7.34. The number of aryl methyl sites for hydroxylation is 1. The van der Waals surface area contributed by atoms with Crippen LogP contribution in [-0.2, 0) is 10.5 Å². The summed E-state index contributed by atoms with van der Waals surface area (Å²) in [5.41, 5.74) is 3.64. The molecule has 1 aromatic rings. The van der Waals surface area contributed by atoms with Gasteiger partial charge in [0.05, 0.1) is 0 Å². The summed E-state index contributed by atoms with van der Waals surface area (Å²) in [6, 6.07) is 8.67. The molecule has 0 saturated heterocycles. The number of carbonyl (C=O) groups excluding carboxylic acids is 1. The topological polar surface area (TPSA) is 17.1 Å². The van der Waals surface area contributed by atoms with Crippen LogP contribution in [0.15, 0.2) is 48.1 Å². The highest BCUT2D eigenvalue weighted by Crippen LogP contribution is 2.17. The fourth-order valence-electron chi connectivity index (χ4n) is 2.02. The van der Waals surface area contributed by atoms with Crippen molar-refractivity contribution in [2.75, 3.05) is 5.75 Å². The summed E-state index contributed by atoms with van der Waals surface area (Å²) in [4.78, 5) is 11.8.